The Balaban J connectivity index is 2.19. The first-order valence-corrected chi connectivity index (χ1v) is 5.24. The predicted molar refractivity (Wildman–Crippen MR) is 56.7 cm³/mol. The summed E-state index contributed by atoms with van der Waals surface area (Å²) in [6.45, 7) is 1.69. The molecule has 1 aliphatic rings. The Hall–Kier alpha value is -1.91. The van der Waals surface area contributed by atoms with Crippen molar-refractivity contribution >= 4 is 11.7 Å². The Morgan fingerprint density at radius 2 is 2.19 bits per heavy atom. The van der Waals surface area contributed by atoms with Crippen LogP contribution in [0.4, 0.5) is 0 Å². The summed E-state index contributed by atoms with van der Waals surface area (Å²) < 4.78 is 1.70. The second-order valence-electron chi connectivity index (χ2n) is 4.19. The Morgan fingerprint density at radius 3 is 2.81 bits per heavy atom. The smallest absolute Gasteiger partial charge is 0.339 e. The van der Waals surface area contributed by atoms with Gasteiger partial charge in [-0.2, -0.15) is 0 Å². The number of imidazole rings is 1. The van der Waals surface area contributed by atoms with Crippen LogP contribution in [0.1, 0.15) is 40.5 Å². The van der Waals surface area contributed by atoms with E-state index in [4.69, 9.17) is 5.11 Å². The lowest BCUT2D eigenvalue weighted by molar-refractivity contribution is 0.0695. The zero-order chi connectivity index (χ0) is 11.3. The average molecular weight is 217 g/mol. The largest absolute Gasteiger partial charge is 0.478 e. The first-order valence-electron chi connectivity index (χ1n) is 5.24. The van der Waals surface area contributed by atoms with E-state index in [1.165, 1.54) is 12.8 Å². The van der Waals surface area contributed by atoms with E-state index in [1.807, 2.05) is 6.20 Å². The lowest BCUT2D eigenvalue weighted by Gasteiger charge is -1.99. The summed E-state index contributed by atoms with van der Waals surface area (Å²) in [7, 11) is 0. The van der Waals surface area contributed by atoms with Crippen molar-refractivity contribution in [2.24, 2.45) is 0 Å². The number of nitrogens with zero attached hydrogens (tertiary/aromatic N) is 3. The maximum atomic E-state index is 10.9. The summed E-state index contributed by atoms with van der Waals surface area (Å²) in [6, 6.07) is 0. The summed E-state index contributed by atoms with van der Waals surface area (Å²) in [6.07, 6.45) is 5.81. The summed E-state index contributed by atoms with van der Waals surface area (Å²) in [4.78, 5) is 19.5. The number of carboxylic acid groups (broad SMARTS) is 1. The number of aromatic nitrogens is 3. The van der Waals surface area contributed by atoms with Gasteiger partial charge >= 0.3 is 5.97 Å². The second kappa shape index (κ2) is 3.04. The molecule has 16 heavy (non-hydrogen) atoms. The molecule has 1 N–H and O–H groups in total. The van der Waals surface area contributed by atoms with Gasteiger partial charge in [0.25, 0.3) is 0 Å². The van der Waals surface area contributed by atoms with Crippen LogP contribution in [0.2, 0.25) is 0 Å². The lowest BCUT2D eigenvalue weighted by Crippen LogP contribution is -2.04. The molecule has 1 saturated carbocycles. The Bertz CT molecular complexity index is 584. The minimum Gasteiger partial charge on any atom is -0.478 e. The van der Waals surface area contributed by atoms with Gasteiger partial charge in [0, 0.05) is 18.3 Å². The van der Waals surface area contributed by atoms with Crippen molar-refractivity contribution in [2.75, 3.05) is 0 Å². The molecule has 0 saturated heterocycles. The average Bonchev–Trinajstić information content (AvgIpc) is 2.98. The van der Waals surface area contributed by atoms with E-state index in [1.54, 1.807) is 17.5 Å². The Labute approximate surface area is 91.8 Å². The third kappa shape index (κ3) is 1.36. The third-order valence-corrected chi connectivity index (χ3v) is 2.88. The van der Waals surface area contributed by atoms with Crippen molar-refractivity contribution in [1.29, 1.82) is 0 Å². The molecule has 0 bridgehead atoms. The molecule has 5 nitrogen and oxygen atoms in total. The van der Waals surface area contributed by atoms with E-state index in [0.29, 0.717) is 17.4 Å². The minimum absolute atomic E-state index is 0.229. The predicted octanol–water partition coefficient (Wildman–Crippen LogP) is 1.61. The highest BCUT2D eigenvalue weighted by atomic mass is 16.4. The zero-order valence-electron chi connectivity index (χ0n) is 8.84. The van der Waals surface area contributed by atoms with Crippen LogP contribution in [0.25, 0.3) is 5.78 Å². The van der Waals surface area contributed by atoms with Crippen LogP contribution >= 0.6 is 0 Å². The highest BCUT2D eigenvalue weighted by Crippen LogP contribution is 2.39. The standard InChI is InChI=1S/C11H11N3O2/c1-6-8(10(15)16)4-14-5-9(7-2-3-7)13-11(14)12-6/h4-5,7H,2-3H2,1H3,(H,15,16). The molecule has 1 fully saturated rings. The number of rotatable bonds is 2. The van der Waals surface area contributed by atoms with E-state index < -0.39 is 5.97 Å². The van der Waals surface area contributed by atoms with Crippen LogP contribution in [-0.4, -0.2) is 25.4 Å². The Kier molecular flexibility index (Phi) is 1.77. The molecule has 0 spiro atoms. The van der Waals surface area contributed by atoms with E-state index in [9.17, 15) is 4.79 Å². The third-order valence-electron chi connectivity index (χ3n) is 2.88. The van der Waals surface area contributed by atoms with Gasteiger partial charge in [-0.15, -0.1) is 0 Å². The molecule has 2 aromatic heterocycles. The normalized spacial score (nSPS) is 15.6. The molecular formula is C11H11N3O2. The topological polar surface area (TPSA) is 67.5 Å². The molecule has 0 radical (unpaired) electrons. The van der Waals surface area contributed by atoms with Crippen molar-refractivity contribution in [3.05, 3.63) is 29.3 Å². The molecule has 82 valence electrons. The highest BCUT2D eigenvalue weighted by Gasteiger charge is 2.26. The minimum atomic E-state index is -0.950. The van der Waals surface area contributed by atoms with E-state index >= 15 is 0 Å². The van der Waals surface area contributed by atoms with Crippen LogP contribution in [0.3, 0.4) is 0 Å². The molecular weight excluding hydrogens is 206 g/mol. The maximum absolute atomic E-state index is 10.9. The monoisotopic (exact) mass is 217 g/mol. The number of aryl methyl sites for hydroxylation is 1. The molecule has 2 aromatic rings. The van der Waals surface area contributed by atoms with Crippen LogP contribution in [-0.2, 0) is 0 Å². The van der Waals surface area contributed by atoms with Gasteiger partial charge in [-0.3, -0.25) is 4.40 Å². The second-order valence-corrected chi connectivity index (χ2v) is 4.19. The number of hydrogen-bond donors (Lipinski definition) is 1. The number of carbonyl (C=O) groups is 1. The van der Waals surface area contributed by atoms with Crippen LogP contribution in [0, 0.1) is 6.92 Å². The molecule has 3 rings (SSSR count). The Morgan fingerprint density at radius 1 is 1.44 bits per heavy atom. The van der Waals surface area contributed by atoms with Crippen molar-refractivity contribution in [1.82, 2.24) is 14.4 Å². The van der Waals surface area contributed by atoms with Gasteiger partial charge in [0.05, 0.1) is 17.0 Å². The van der Waals surface area contributed by atoms with Gasteiger partial charge < -0.3 is 5.11 Å². The lowest BCUT2D eigenvalue weighted by atomic mass is 10.2. The molecule has 2 heterocycles. The first-order chi connectivity index (χ1) is 7.65. The summed E-state index contributed by atoms with van der Waals surface area (Å²) >= 11 is 0. The van der Waals surface area contributed by atoms with Crippen LogP contribution in [0.5, 0.6) is 0 Å². The first kappa shape index (κ1) is 9.33. The van der Waals surface area contributed by atoms with Gasteiger partial charge in [-0.1, -0.05) is 0 Å². The fraction of sp³-hybridized carbons (Fsp3) is 0.364. The fourth-order valence-corrected chi connectivity index (χ4v) is 1.81. The van der Waals surface area contributed by atoms with Gasteiger partial charge in [-0.25, -0.2) is 14.8 Å². The maximum Gasteiger partial charge on any atom is 0.339 e. The highest BCUT2D eigenvalue weighted by molar-refractivity contribution is 5.88. The summed E-state index contributed by atoms with van der Waals surface area (Å²) in [5.74, 6) is 0.188. The van der Waals surface area contributed by atoms with Crippen molar-refractivity contribution < 1.29 is 9.90 Å². The molecule has 0 aromatic carbocycles. The van der Waals surface area contributed by atoms with Crippen LogP contribution < -0.4 is 0 Å². The zero-order valence-corrected chi connectivity index (χ0v) is 8.84. The van der Waals surface area contributed by atoms with E-state index in [0.717, 1.165) is 5.69 Å². The van der Waals surface area contributed by atoms with Crippen molar-refractivity contribution in [3.63, 3.8) is 0 Å². The van der Waals surface area contributed by atoms with Crippen molar-refractivity contribution in [2.45, 2.75) is 25.7 Å². The van der Waals surface area contributed by atoms with Gasteiger partial charge in [0.1, 0.15) is 0 Å². The molecule has 0 amide bonds. The van der Waals surface area contributed by atoms with E-state index in [2.05, 4.69) is 9.97 Å². The molecule has 1 aliphatic carbocycles. The fourth-order valence-electron chi connectivity index (χ4n) is 1.81. The van der Waals surface area contributed by atoms with Gasteiger partial charge in [0.2, 0.25) is 5.78 Å². The summed E-state index contributed by atoms with van der Waals surface area (Å²) in [5.41, 5.74) is 1.76. The molecule has 5 heteroatoms. The molecule has 0 aliphatic heterocycles. The van der Waals surface area contributed by atoms with Gasteiger partial charge in [0.15, 0.2) is 0 Å². The number of aromatic carboxylic acids is 1. The van der Waals surface area contributed by atoms with Crippen LogP contribution in [0.15, 0.2) is 12.4 Å². The van der Waals surface area contributed by atoms with Crippen molar-refractivity contribution in [3.8, 4) is 0 Å². The molecule has 0 atom stereocenters. The molecule has 0 unspecified atom stereocenters. The van der Waals surface area contributed by atoms with E-state index in [-0.39, 0.29) is 5.56 Å². The number of carboxylic acids is 1. The van der Waals surface area contributed by atoms with Gasteiger partial charge in [-0.05, 0) is 19.8 Å². The number of hydrogen-bond acceptors (Lipinski definition) is 3. The number of fused-ring (bicyclic) bond motifs is 1. The summed E-state index contributed by atoms with van der Waals surface area (Å²) in [5, 5.41) is 8.98. The quantitative estimate of drug-likeness (QED) is 0.829. The SMILES string of the molecule is Cc1nc2nc(C3CC3)cn2cc1C(=O)O.